The normalized spacial score (nSPS) is 19.2. The Morgan fingerprint density at radius 3 is 2.86 bits per heavy atom. The maximum Gasteiger partial charge on any atom is 0.267 e. The fourth-order valence-corrected chi connectivity index (χ4v) is 6.56. The molecule has 1 aliphatic heterocycles. The number of aryl methyl sites for hydroxylation is 2. The van der Waals surface area contributed by atoms with Crippen molar-refractivity contribution < 1.29 is 4.74 Å². The van der Waals surface area contributed by atoms with E-state index in [1.54, 1.807) is 27.7 Å². The molecule has 0 spiro atoms. The van der Waals surface area contributed by atoms with Crippen LogP contribution in [0.15, 0.2) is 34.2 Å². The Bertz CT molecular complexity index is 1070. The van der Waals surface area contributed by atoms with Crippen LogP contribution in [0.25, 0.3) is 15.9 Å². The molecule has 0 radical (unpaired) electrons. The third kappa shape index (κ3) is 3.41. The molecular weight excluding hydrogens is 412 g/mol. The highest BCUT2D eigenvalue weighted by Gasteiger charge is 2.24. The molecule has 5 rings (SSSR count). The number of halogens is 1. The lowest BCUT2D eigenvalue weighted by Gasteiger charge is -2.14. The molecule has 28 heavy (non-hydrogen) atoms. The van der Waals surface area contributed by atoms with Crippen molar-refractivity contribution in [2.45, 2.75) is 37.3 Å². The Hall–Kier alpha value is -1.34. The molecule has 4 nitrogen and oxygen atoms in total. The molecule has 3 aromatic rings. The van der Waals surface area contributed by atoms with Gasteiger partial charge < -0.3 is 4.74 Å². The second kappa shape index (κ2) is 7.82. The molecule has 1 unspecified atom stereocenters. The summed E-state index contributed by atoms with van der Waals surface area (Å²) in [5.74, 6) is 1.43. The van der Waals surface area contributed by atoms with Crippen molar-refractivity contribution in [1.29, 1.82) is 0 Å². The quantitative estimate of drug-likeness (QED) is 0.424. The molecule has 3 heterocycles. The van der Waals surface area contributed by atoms with Gasteiger partial charge in [-0.3, -0.25) is 9.36 Å². The van der Waals surface area contributed by atoms with E-state index in [2.05, 4.69) is 0 Å². The third-order valence-electron chi connectivity index (χ3n) is 5.52. The molecule has 1 atom stereocenters. The van der Waals surface area contributed by atoms with Crippen LogP contribution in [0.5, 0.6) is 0 Å². The lowest BCUT2D eigenvalue weighted by Crippen LogP contribution is -2.22. The minimum absolute atomic E-state index is 0.0527. The summed E-state index contributed by atoms with van der Waals surface area (Å²) in [6, 6.07) is 7.46. The van der Waals surface area contributed by atoms with Gasteiger partial charge >= 0.3 is 0 Å². The molecular formula is C21H21ClN2O2S2. The van der Waals surface area contributed by atoms with Gasteiger partial charge in [0.15, 0.2) is 5.16 Å². The average Bonchev–Trinajstić information content (AvgIpc) is 3.35. The zero-order valence-corrected chi connectivity index (χ0v) is 17.8. The molecule has 146 valence electrons. The smallest absolute Gasteiger partial charge is 0.267 e. The van der Waals surface area contributed by atoms with Crippen molar-refractivity contribution in [2.75, 3.05) is 19.0 Å². The Morgan fingerprint density at radius 1 is 1.25 bits per heavy atom. The summed E-state index contributed by atoms with van der Waals surface area (Å²) in [4.78, 5) is 20.8. The number of rotatable bonds is 4. The zero-order chi connectivity index (χ0) is 19.1. The first-order valence-corrected chi connectivity index (χ1v) is 11.9. The molecule has 2 aromatic heterocycles. The monoisotopic (exact) mass is 432 g/mol. The van der Waals surface area contributed by atoms with E-state index in [9.17, 15) is 4.79 Å². The van der Waals surface area contributed by atoms with Crippen molar-refractivity contribution in [1.82, 2.24) is 9.55 Å². The number of fused-ring (bicyclic) bond motifs is 3. The Labute approximate surface area is 176 Å². The number of thioether (sulfide) groups is 1. The maximum atomic E-state index is 13.6. The van der Waals surface area contributed by atoms with Gasteiger partial charge in [0, 0.05) is 22.3 Å². The van der Waals surface area contributed by atoms with E-state index in [4.69, 9.17) is 21.3 Å². The number of aromatic nitrogens is 2. The topological polar surface area (TPSA) is 44.1 Å². The molecule has 1 saturated heterocycles. The highest BCUT2D eigenvalue weighted by Crippen LogP contribution is 2.35. The van der Waals surface area contributed by atoms with E-state index >= 15 is 0 Å². The lowest BCUT2D eigenvalue weighted by atomic mass is 9.97. The number of hydrogen-bond donors (Lipinski definition) is 0. The Morgan fingerprint density at radius 2 is 2.07 bits per heavy atom. The van der Waals surface area contributed by atoms with E-state index < -0.39 is 0 Å². The summed E-state index contributed by atoms with van der Waals surface area (Å²) in [7, 11) is 0. The molecule has 1 aromatic carbocycles. The number of thiophene rings is 1. The molecule has 0 bridgehead atoms. The first-order chi connectivity index (χ1) is 13.7. The van der Waals surface area contributed by atoms with Gasteiger partial charge in [-0.2, -0.15) is 0 Å². The van der Waals surface area contributed by atoms with Crippen LogP contribution in [0.1, 0.15) is 29.7 Å². The van der Waals surface area contributed by atoms with Crippen molar-refractivity contribution in [3.8, 4) is 5.69 Å². The molecule has 7 heteroatoms. The fourth-order valence-electron chi connectivity index (χ4n) is 4.01. The minimum atomic E-state index is 0.0527. The summed E-state index contributed by atoms with van der Waals surface area (Å²) >= 11 is 9.45. The van der Waals surface area contributed by atoms with E-state index in [0.29, 0.717) is 10.9 Å². The summed E-state index contributed by atoms with van der Waals surface area (Å²) < 4.78 is 7.29. The number of nitrogens with zero attached hydrogens (tertiary/aromatic N) is 2. The summed E-state index contributed by atoms with van der Waals surface area (Å²) in [5, 5.41) is 2.25. The van der Waals surface area contributed by atoms with Gasteiger partial charge in [-0.05, 0) is 67.9 Å². The van der Waals surface area contributed by atoms with Gasteiger partial charge in [-0.15, -0.1) is 11.3 Å². The highest BCUT2D eigenvalue weighted by atomic mass is 35.5. The minimum Gasteiger partial charge on any atom is -0.381 e. The van der Waals surface area contributed by atoms with Gasteiger partial charge in [0.1, 0.15) is 4.83 Å². The number of ether oxygens (including phenoxy) is 1. The molecule has 0 N–H and O–H groups in total. The summed E-state index contributed by atoms with van der Waals surface area (Å²) in [6.07, 6.45) is 5.48. The largest absolute Gasteiger partial charge is 0.381 e. The molecule has 0 amide bonds. The van der Waals surface area contributed by atoms with Gasteiger partial charge in [0.2, 0.25) is 0 Å². The van der Waals surface area contributed by atoms with Crippen LogP contribution in [0, 0.1) is 5.92 Å². The van der Waals surface area contributed by atoms with Gasteiger partial charge in [0.25, 0.3) is 5.56 Å². The summed E-state index contributed by atoms with van der Waals surface area (Å²) in [6.45, 7) is 1.63. The Balaban J connectivity index is 1.65. The molecule has 0 saturated carbocycles. The predicted molar refractivity (Wildman–Crippen MR) is 117 cm³/mol. The summed E-state index contributed by atoms with van der Waals surface area (Å²) in [5.41, 5.74) is 2.11. The lowest BCUT2D eigenvalue weighted by molar-refractivity contribution is 0.189. The SMILES string of the molecule is O=c1c2c3c(sc2nc(SCC2CCOC2)n1-c1ccc(Cl)cc1)CCCC3. The van der Waals surface area contributed by atoms with Crippen molar-refractivity contribution in [3.05, 3.63) is 50.1 Å². The van der Waals surface area contributed by atoms with Crippen LogP contribution < -0.4 is 5.56 Å². The fraction of sp³-hybridized carbons (Fsp3) is 0.429. The second-order valence-corrected chi connectivity index (χ2v) is 9.95. The van der Waals surface area contributed by atoms with E-state index in [1.165, 1.54) is 16.9 Å². The van der Waals surface area contributed by atoms with Crippen LogP contribution in [0.2, 0.25) is 5.02 Å². The van der Waals surface area contributed by atoms with E-state index in [0.717, 1.165) is 65.7 Å². The molecule has 2 aliphatic rings. The number of benzene rings is 1. The van der Waals surface area contributed by atoms with Crippen molar-refractivity contribution >= 4 is 44.9 Å². The first-order valence-electron chi connectivity index (χ1n) is 9.74. The predicted octanol–water partition coefficient (Wildman–Crippen LogP) is 5.11. The van der Waals surface area contributed by atoms with Crippen LogP contribution in [0.3, 0.4) is 0 Å². The number of hydrogen-bond acceptors (Lipinski definition) is 5. The van der Waals surface area contributed by atoms with Crippen LogP contribution >= 0.6 is 34.7 Å². The van der Waals surface area contributed by atoms with Crippen LogP contribution in [-0.4, -0.2) is 28.5 Å². The molecule has 1 fully saturated rings. The van der Waals surface area contributed by atoms with Crippen molar-refractivity contribution in [3.63, 3.8) is 0 Å². The van der Waals surface area contributed by atoms with Crippen LogP contribution in [0.4, 0.5) is 0 Å². The second-order valence-electron chi connectivity index (χ2n) is 7.44. The van der Waals surface area contributed by atoms with Gasteiger partial charge in [-0.25, -0.2) is 4.98 Å². The van der Waals surface area contributed by atoms with E-state index in [-0.39, 0.29) is 5.56 Å². The van der Waals surface area contributed by atoms with Gasteiger partial charge in [-0.1, -0.05) is 23.4 Å². The maximum absolute atomic E-state index is 13.6. The van der Waals surface area contributed by atoms with Gasteiger partial charge in [0.05, 0.1) is 17.7 Å². The highest BCUT2D eigenvalue weighted by molar-refractivity contribution is 7.99. The zero-order valence-electron chi connectivity index (χ0n) is 15.4. The Kier molecular flexibility index (Phi) is 5.22. The van der Waals surface area contributed by atoms with E-state index in [1.807, 2.05) is 24.3 Å². The first kappa shape index (κ1) is 18.7. The standard InChI is InChI=1S/C21H21ClN2O2S2/c22-14-5-7-15(8-6-14)24-20(25)18-16-3-1-2-4-17(16)28-19(18)23-21(24)27-12-13-9-10-26-11-13/h5-8,13H,1-4,9-12H2. The third-order valence-corrected chi connectivity index (χ3v) is 8.12. The van der Waals surface area contributed by atoms with Crippen LogP contribution in [-0.2, 0) is 17.6 Å². The van der Waals surface area contributed by atoms with Crippen molar-refractivity contribution in [2.24, 2.45) is 5.92 Å². The average molecular weight is 433 g/mol. The molecule has 1 aliphatic carbocycles.